The Morgan fingerprint density at radius 2 is 2.35 bits per heavy atom. The molecular formula is C12H17N3O2. The van der Waals surface area contributed by atoms with E-state index < -0.39 is 0 Å². The van der Waals surface area contributed by atoms with Gasteiger partial charge in [0.25, 0.3) is 5.91 Å². The molecule has 1 amide bonds. The van der Waals surface area contributed by atoms with E-state index in [9.17, 15) is 4.79 Å². The van der Waals surface area contributed by atoms with Crippen molar-refractivity contribution < 1.29 is 9.53 Å². The largest absolute Gasteiger partial charge is 0.375 e. The zero-order valence-electron chi connectivity index (χ0n) is 9.69. The highest BCUT2D eigenvalue weighted by Gasteiger charge is 2.20. The third-order valence-corrected chi connectivity index (χ3v) is 2.84. The first-order chi connectivity index (χ1) is 8.29. The van der Waals surface area contributed by atoms with Crippen LogP contribution in [0.3, 0.4) is 0 Å². The number of hydrazine groups is 1. The Morgan fingerprint density at radius 1 is 1.53 bits per heavy atom. The van der Waals surface area contributed by atoms with E-state index in [1.165, 1.54) is 19.0 Å². The minimum atomic E-state index is -0.335. The van der Waals surface area contributed by atoms with Gasteiger partial charge in [-0.1, -0.05) is 12.8 Å². The predicted octanol–water partition coefficient (Wildman–Crippen LogP) is 1.00. The van der Waals surface area contributed by atoms with Gasteiger partial charge in [0, 0.05) is 12.8 Å². The van der Waals surface area contributed by atoms with Gasteiger partial charge in [-0.25, -0.2) is 5.84 Å². The second kappa shape index (κ2) is 5.75. The first kappa shape index (κ1) is 12.0. The molecule has 1 fully saturated rings. The SMILES string of the molecule is NNC(=O)c1ccc(COCCC2CC2)nc1. The van der Waals surface area contributed by atoms with Crippen molar-refractivity contribution in [2.45, 2.75) is 25.9 Å². The summed E-state index contributed by atoms with van der Waals surface area (Å²) in [5.74, 6) is 5.58. The second-order valence-electron chi connectivity index (χ2n) is 4.30. The molecule has 17 heavy (non-hydrogen) atoms. The fourth-order valence-corrected chi connectivity index (χ4v) is 1.56. The Hall–Kier alpha value is -1.46. The molecular weight excluding hydrogens is 218 g/mol. The fraction of sp³-hybridized carbons (Fsp3) is 0.500. The zero-order valence-corrected chi connectivity index (χ0v) is 9.69. The molecule has 0 unspecified atom stereocenters. The molecule has 1 aromatic heterocycles. The van der Waals surface area contributed by atoms with E-state index in [0.717, 1.165) is 24.6 Å². The number of rotatable bonds is 6. The summed E-state index contributed by atoms with van der Waals surface area (Å²) < 4.78 is 5.51. The van der Waals surface area contributed by atoms with Crippen LogP contribution in [0.15, 0.2) is 18.3 Å². The smallest absolute Gasteiger partial charge is 0.266 e. The molecule has 1 heterocycles. The highest BCUT2D eigenvalue weighted by Crippen LogP contribution is 2.32. The van der Waals surface area contributed by atoms with Gasteiger partial charge in [0.2, 0.25) is 0 Å². The summed E-state index contributed by atoms with van der Waals surface area (Å²) in [4.78, 5) is 15.3. The summed E-state index contributed by atoms with van der Waals surface area (Å²) in [5, 5.41) is 0. The average Bonchev–Trinajstić information content (AvgIpc) is 3.18. The molecule has 3 N–H and O–H groups in total. The minimum absolute atomic E-state index is 0.335. The molecule has 0 radical (unpaired) electrons. The van der Waals surface area contributed by atoms with Gasteiger partial charge in [-0.3, -0.25) is 15.2 Å². The van der Waals surface area contributed by atoms with Crippen LogP contribution in [0.1, 0.15) is 35.3 Å². The summed E-state index contributed by atoms with van der Waals surface area (Å²) in [6.07, 6.45) is 5.35. The van der Waals surface area contributed by atoms with Crippen molar-refractivity contribution in [3.05, 3.63) is 29.6 Å². The highest BCUT2D eigenvalue weighted by molar-refractivity contribution is 5.93. The van der Waals surface area contributed by atoms with Gasteiger partial charge in [0.1, 0.15) is 0 Å². The maximum absolute atomic E-state index is 11.2. The maximum Gasteiger partial charge on any atom is 0.266 e. The topological polar surface area (TPSA) is 77.2 Å². The van der Waals surface area contributed by atoms with E-state index in [0.29, 0.717) is 12.2 Å². The van der Waals surface area contributed by atoms with Crippen molar-refractivity contribution in [2.75, 3.05) is 6.61 Å². The summed E-state index contributed by atoms with van der Waals surface area (Å²) in [7, 11) is 0. The van der Waals surface area contributed by atoms with E-state index in [1.54, 1.807) is 12.1 Å². The van der Waals surface area contributed by atoms with E-state index >= 15 is 0 Å². The van der Waals surface area contributed by atoms with Crippen LogP contribution in [-0.4, -0.2) is 17.5 Å². The molecule has 1 aliphatic rings. The Kier molecular flexibility index (Phi) is 4.06. The van der Waals surface area contributed by atoms with Gasteiger partial charge in [0.15, 0.2) is 0 Å². The third kappa shape index (κ3) is 3.80. The minimum Gasteiger partial charge on any atom is -0.375 e. The lowest BCUT2D eigenvalue weighted by molar-refractivity contribution is 0.0952. The van der Waals surface area contributed by atoms with Crippen LogP contribution in [0.5, 0.6) is 0 Å². The lowest BCUT2D eigenvalue weighted by atomic mass is 10.2. The number of ether oxygens (including phenoxy) is 1. The van der Waals surface area contributed by atoms with E-state index in [-0.39, 0.29) is 5.91 Å². The number of carbonyl (C=O) groups excluding carboxylic acids is 1. The molecule has 0 bridgehead atoms. The Labute approximate surface area is 100 Å². The van der Waals surface area contributed by atoms with E-state index in [1.807, 2.05) is 0 Å². The lowest BCUT2D eigenvalue weighted by Gasteiger charge is -2.04. The molecule has 5 heteroatoms. The first-order valence-corrected chi connectivity index (χ1v) is 5.83. The number of carbonyl (C=O) groups is 1. The van der Waals surface area contributed by atoms with Gasteiger partial charge < -0.3 is 4.74 Å². The number of pyridine rings is 1. The highest BCUT2D eigenvalue weighted by atomic mass is 16.5. The predicted molar refractivity (Wildman–Crippen MR) is 62.9 cm³/mol. The summed E-state index contributed by atoms with van der Waals surface area (Å²) in [5.41, 5.74) is 3.34. The Morgan fingerprint density at radius 3 is 2.94 bits per heavy atom. The normalized spacial score (nSPS) is 14.6. The van der Waals surface area contributed by atoms with E-state index in [2.05, 4.69) is 10.4 Å². The van der Waals surface area contributed by atoms with Crippen molar-refractivity contribution >= 4 is 5.91 Å². The Balaban J connectivity index is 1.74. The van der Waals surface area contributed by atoms with Crippen LogP contribution >= 0.6 is 0 Å². The third-order valence-electron chi connectivity index (χ3n) is 2.84. The lowest BCUT2D eigenvalue weighted by Crippen LogP contribution is -2.30. The molecule has 92 valence electrons. The number of nitrogen functional groups attached to an aromatic ring is 1. The molecule has 1 aliphatic carbocycles. The molecule has 1 saturated carbocycles. The first-order valence-electron chi connectivity index (χ1n) is 5.83. The molecule has 0 spiro atoms. The molecule has 1 aromatic rings. The number of aromatic nitrogens is 1. The molecule has 0 aromatic carbocycles. The van der Waals surface area contributed by atoms with Crippen molar-refractivity contribution in [3.8, 4) is 0 Å². The quantitative estimate of drug-likeness (QED) is 0.334. The number of nitrogens with zero attached hydrogens (tertiary/aromatic N) is 1. The number of nitrogens with two attached hydrogens (primary N) is 1. The van der Waals surface area contributed by atoms with Gasteiger partial charge in [-0.15, -0.1) is 0 Å². The van der Waals surface area contributed by atoms with Crippen molar-refractivity contribution in [2.24, 2.45) is 11.8 Å². The number of hydrogen-bond acceptors (Lipinski definition) is 4. The van der Waals surface area contributed by atoms with Crippen LogP contribution in [0.2, 0.25) is 0 Å². The van der Waals surface area contributed by atoms with Gasteiger partial charge in [-0.05, 0) is 24.5 Å². The second-order valence-corrected chi connectivity index (χ2v) is 4.30. The summed E-state index contributed by atoms with van der Waals surface area (Å²) in [6.45, 7) is 1.29. The molecule has 0 atom stereocenters. The number of hydrogen-bond donors (Lipinski definition) is 2. The molecule has 2 rings (SSSR count). The summed E-state index contributed by atoms with van der Waals surface area (Å²) >= 11 is 0. The Bertz CT molecular complexity index is 374. The average molecular weight is 235 g/mol. The van der Waals surface area contributed by atoms with Crippen LogP contribution in [0.25, 0.3) is 0 Å². The van der Waals surface area contributed by atoms with Gasteiger partial charge in [0.05, 0.1) is 17.9 Å². The van der Waals surface area contributed by atoms with Crippen LogP contribution < -0.4 is 11.3 Å². The summed E-state index contributed by atoms with van der Waals surface area (Å²) in [6, 6.07) is 3.47. The van der Waals surface area contributed by atoms with Crippen LogP contribution in [0.4, 0.5) is 0 Å². The van der Waals surface area contributed by atoms with E-state index in [4.69, 9.17) is 10.6 Å². The molecule has 0 aliphatic heterocycles. The van der Waals surface area contributed by atoms with Crippen molar-refractivity contribution in [1.82, 2.24) is 10.4 Å². The van der Waals surface area contributed by atoms with Crippen LogP contribution in [-0.2, 0) is 11.3 Å². The molecule has 0 saturated heterocycles. The standard InChI is InChI=1S/C12H17N3O2/c13-15-12(16)10-3-4-11(14-7-10)8-17-6-5-9-1-2-9/h3-4,7,9H,1-2,5-6,8,13H2,(H,15,16). The maximum atomic E-state index is 11.2. The zero-order chi connectivity index (χ0) is 12.1. The number of amides is 1. The molecule has 5 nitrogen and oxygen atoms in total. The van der Waals surface area contributed by atoms with Gasteiger partial charge in [-0.2, -0.15) is 0 Å². The van der Waals surface area contributed by atoms with Crippen LogP contribution in [0, 0.1) is 5.92 Å². The monoisotopic (exact) mass is 235 g/mol. The van der Waals surface area contributed by atoms with Gasteiger partial charge >= 0.3 is 0 Å². The fourth-order valence-electron chi connectivity index (χ4n) is 1.56. The number of nitrogens with one attached hydrogen (secondary N) is 1. The van der Waals surface area contributed by atoms with Crippen molar-refractivity contribution in [1.29, 1.82) is 0 Å². The van der Waals surface area contributed by atoms with Crippen molar-refractivity contribution in [3.63, 3.8) is 0 Å².